The van der Waals surface area contributed by atoms with Crippen LogP contribution in [0.3, 0.4) is 0 Å². The van der Waals surface area contributed by atoms with Gasteiger partial charge in [-0.15, -0.1) is 0 Å². The summed E-state index contributed by atoms with van der Waals surface area (Å²) in [6.07, 6.45) is 5.65. The van der Waals surface area contributed by atoms with Gasteiger partial charge < -0.3 is 4.74 Å². The molecule has 1 aliphatic rings. The van der Waals surface area contributed by atoms with Crippen LogP contribution in [0.15, 0.2) is 18.2 Å². The third-order valence-electron chi connectivity index (χ3n) is 3.90. The van der Waals surface area contributed by atoms with E-state index in [0.717, 1.165) is 25.7 Å². The molecule has 0 saturated heterocycles. The summed E-state index contributed by atoms with van der Waals surface area (Å²) in [4.78, 5) is 10.4. The van der Waals surface area contributed by atoms with E-state index in [0.29, 0.717) is 11.7 Å². The van der Waals surface area contributed by atoms with Crippen LogP contribution >= 0.6 is 0 Å². The normalized spacial score (nSPS) is 22.0. The summed E-state index contributed by atoms with van der Waals surface area (Å²) in [5.74, 6) is 1.17. The van der Waals surface area contributed by atoms with E-state index in [1.807, 2.05) is 6.07 Å². The van der Waals surface area contributed by atoms with Crippen LogP contribution in [0.25, 0.3) is 0 Å². The highest BCUT2D eigenvalue weighted by molar-refractivity contribution is 5.52. The van der Waals surface area contributed by atoms with E-state index in [-0.39, 0.29) is 17.4 Å². The van der Waals surface area contributed by atoms with Crippen molar-refractivity contribution in [1.29, 1.82) is 5.26 Å². The number of nitro groups is 1. The summed E-state index contributed by atoms with van der Waals surface area (Å²) in [5, 5.41) is 19.8. The van der Waals surface area contributed by atoms with Gasteiger partial charge in [-0.3, -0.25) is 10.1 Å². The SMILES string of the molecule is CCC1CCCC(Oc2ccc(C#N)c([N+](=O)[O-])c2)C1. The van der Waals surface area contributed by atoms with Crippen LogP contribution in [0, 0.1) is 27.4 Å². The number of benzene rings is 1. The molecule has 2 rings (SSSR count). The van der Waals surface area contributed by atoms with Gasteiger partial charge in [-0.05, 0) is 37.3 Å². The predicted octanol–water partition coefficient (Wildman–Crippen LogP) is 3.81. The third kappa shape index (κ3) is 3.27. The van der Waals surface area contributed by atoms with Crippen LogP contribution in [-0.2, 0) is 0 Å². The van der Waals surface area contributed by atoms with Crippen molar-refractivity contribution in [2.24, 2.45) is 5.92 Å². The first-order valence-corrected chi connectivity index (χ1v) is 6.99. The minimum atomic E-state index is -0.541. The van der Waals surface area contributed by atoms with E-state index in [4.69, 9.17) is 10.00 Å². The molecule has 2 unspecified atom stereocenters. The Bertz CT molecular complexity index is 536. The Morgan fingerprint density at radius 2 is 2.30 bits per heavy atom. The Morgan fingerprint density at radius 1 is 1.50 bits per heavy atom. The molecule has 0 heterocycles. The maximum Gasteiger partial charge on any atom is 0.290 e. The molecule has 20 heavy (non-hydrogen) atoms. The molecule has 1 aromatic carbocycles. The molecule has 1 aliphatic carbocycles. The van der Waals surface area contributed by atoms with Crippen molar-refractivity contribution in [1.82, 2.24) is 0 Å². The van der Waals surface area contributed by atoms with E-state index in [2.05, 4.69) is 6.92 Å². The molecule has 0 aromatic heterocycles. The van der Waals surface area contributed by atoms with Crippen LogP contribution < -0.4 is 4.74 Å². The van der Waals surface area contributed by atoms with Gasteiger partial charge in [0.2, 0.25) is 0 Å². The topological polar surface area (TPSA) is 76.2 Å². The van der Waals surface area contributed by atoms with E-state index in [1.165, 1.54) is 18.6 Å². The van der Waals surface area contributed by atoms with Gasteiger partial charge in [0.15, 0.2) is 0 Å². The summed E-state index contributed by atoms with van der Waals surface area (Å²) >= 11 is 0. The fraction of sp³-hybridized carbons (Fsp3) is 0.533. The Balaban J connectivity index is 2.12. The Morgan fingerprint density at radius 3 is 2.95 bits per heavy atom. The molecule has 0 aliphatic heterocycles. The van der Waals surface area contributed by atoms with Crippen molar-refractivity contribution >= 4 is 5.69 Å². The van der Waals surface area contributed by atoms with Gasteiger partial charge in [-0.25, -0.2) is 0 Å². The van der Waals surface area contributed by atoms with E-state index >= 15 is 0 Å². The Kier molecular flexibility index (Phi) is 4.57. The van der Waals surface area contributed by atoms with E-state index in [1.54, 1.807) is 6.07 Å². The van der Waals surface area contributed by atoms with Crippen molar-refractivity contribution in [2.45, 2.75) is 45.1 Å². The number of nitriles is 1. The molecule has 0 amide bonds. The third-order valence-corrected chi connectivity index (χ3v) is 3.90. The minimum absolute atomic E-state index is 0.0671. The Labute approximate surface area is 118 Å². The number of nitro benzene ring substituents is 1. The van der Waals surface area contributed by atoms with Crippen molar-refractivity contribution in [3.8, 4) is 11.8 Å². The molecule has 1 fully saturated rings. The molecule has 0 radical (unpaired) electrons. The summed E-state index contributed by atoms with van der Waals surface area (Å²) in [5.41, 5.74) is -0.120. The molecular formula is C15H18N2O3. The van der Waals surface area contributed by atoms with Crippen LogP contribution in [0.5, 0.6) is 5.75 Å². The van der Waals surface area contributed by atoms with Gasteiger partial charge in [-0.1, -0.05) is 19.8 Å². The summed E-state index contributed by atoms with van der Waals surface area (Å²) in [7, 11) is 0. The van der Waals surface area contributed by atoms with Gasteiger partial charge in [0, 0.05) is 0 Å². The number of ether oxygens (including phenoxy) is 1. The van der Waals surface area contributed by atoms with Crippen LogP contribution in [-0.4, -0.2) is 11.0 Å². The first-order chi connectivity index (χ1) is 9.63. The van der Waals surface area contributed by atoms with Crippen LogP contribution in [0.1, 0.15) is 44.6 Å². The van der Waals surface area contributed by atoms with E-state index < -0.39 is 4.92 Å². The second-order valence-corrected chi connectivity index (χ2v) is 5.23. The molecule has 0 N–H and O–H groups in total. The highest BCUT2D eigenvalue weighted by atomic mass is 16.6. The molecule has 1 saturated carbocycles. The quantitative estimate of drug-likeness (QED) is 0.617. The predicted molar refractivity (Wildman–Crippen MR) is 74.5 cm³/mol. The molecule has 106 valence electrons. The van der Waals surface area contributed by atoms with Gasteiger partial charge in [0.1, 0.15) is 17.4 Å². The average molecular weight is 274 g/mol. The van der Waals surface area contributed by atoms with Crippen molar-refractivity contribution in [2.75, 3.05) is 0 Å². The van der Waals surface area contributed by atoms with Gasteiger partial charge >= 0.3 is 0 Å². The molecule has 1 aromatic rings. The lowest BCUT2D eigenvalue weighted by molar-refractivity contribution is -0.385. The molecule has 2 atom stereocenters. The molecule has 5 nitrogen and oxygen atoms in total. The Hall–Kier alpha value is -2.09. The maximum absolute atomic E-state index is 10.9. The van der Waals surface area contributed by atoms with Crippen molar-refractivity contribution < 1.29 is 9.66 Å². The van der Waals surface area contributed by atoms with Gasteiger partial charge in [0.05, 0.1) is 17.1 Å². The zero-order valence-corrected chi connectivity index (χ0v) is 11.5. The number of rotatable bonds is 4. The van der Waals surface area contributed by atoms with Crippen LogP contribution in [0.2, 0.25) is 0 Å². The van der Waals surface area contributed by atoms with Gasteiger partial charge in [0.25, 0.3) is 5.69 Å². The maximum atomic E-state index is 10.9. The molecular weight excluding hydrogens is 256 g/mol. The van der Waals surface area contributed by atoms with Gasteiger partial charge in [-0.2, -0.15) is 5.26 Å². The van der Waals surface area contributed by atoms with Crippen LogP contribution in [0.4, 0.5) is 5.69 Å². The minimum Gasteiger partial charge on any atom is -0.490 e. The van der Waals surface area contributed by atoms with Crippen molar-refractivity contribution in [3.05, 3.63) is 33.9 Å². The lowest BCUT2D eigenvalue weighted by atomic mass is 9.85. The van der Waals surface area contributed by atoms with Crippen molar-refractivity contribution in [3.63, 3.8) is 0 Å². The lowest BCUT2D eigenvalue weighted by Crippen LogP contribution is -2.25. The standard InChI is InChI=1S/C15H18N2O3/c1-2-11-4-3-5-13(8-11)20-14-7-6-12(10-16)15(9-14)17(18)19/h6-7,9,11,13H,2-5,8H2,1H3. The highest BCUT2D eigenvalue weighted by Gasteiger charge is 2.23. The smallest absolute Gasteiger partial charge is 0.290 e. The first kappa shape index (κ1) is 14.3. The summed E-state index contributed by atoms with van der Waals surface area (Å²) in [6, 6.07) is 6.27. The second-order valence-electron chi connectivity index (χ2n) is 5.23. The first-order valence-electron chi connectivity index (χ1n) is 6.99. The second kappa shape index (κ2) is 6.38. The number of hydrogen-bond donors (Lipinski definition) is 0. The van der Waals surface area contributed by atoms with E-state index in [9.17, 15) is 10.1 Å². The number of nitrogens with zero attached hydrogens (tertiary/aromatic N) is 2. The highest BCUT2D eigenvalue weighted by Crippen LogP contribution is 2.31. The fourth-order valence-corrected chi connectivity index (χ4v) is 2.74. The zero-order chi connectivity index (χ0) is 14.5. The molecule has 0 bridgehead atoms. The number of hydrogen-bond acceptors (Lipinski definition) is 4. The zero-order valence-electron chi connectivity index (χ0n) is 11.5. The monoisotopic (exact) mass is 274 g/mol. The average Bonchev–Trinajstić information content (AvgIpc) is 2.47. The largest absolute Gasteiger partial charge is 0.490 e. The molecule has 0 spiro atoms. The summed E-state index contributed by atoms with van der Waals surface area (Å²) < 4.78 is 5.86. The lowest BCUT2D eigenvalue weighted by Gasteiger charge is -2.28. The summed E-state index contributed by atoms with van der Waals surface area (Å²) in [6.45, 7) is 2.18. The molecule has 5 heteroatoms. The fourth-order valence-electron chi connectivity index (χ4n) is 2.74.